The van der Waals surface area contributed by atoms with E-state index >= 15 is 0 Å². The molecule has 0 radical (unpaired) electrons. The molecule has 0 saturated heterocycles. The Hall–Kier alpha value is -1.56. The molecule has 0 aliphatic rings. The smallest absolute Gasteiger partial charge is 0.222 e. The fraction of sp³-hybridized carbons (Fsp3) is 0.100. The topological polar surface area (TPSA) is 61.3 Å². The van der Waals surface area contributed by atoms with Crippen molar-refractivity contribution in [3.8, 4) is 17.0 Å². The molecule has 0 fully saturated rings. The molecule has 6 heteroatoms. The van der Waals surface area contributed by atoms with E-state index in [0.717, 1.165) is 0 Å². The summed E-state index contributed by atoms with van der Waals surface area (Å²) < 4.78 is 23.7. The van der Waals surface area contributed by atoms with Crippen LogP contribution in [-0.2, 0) is 0 Å². The van der Waals surface area contributed by atoms with Gasteiger partial charge in [0, 0.05) is 11.6 Å². The molecule has 1 heterocycles. The number of hydrogen-bond acceptors (Lipinski definition) is 4. The molecule has 0 aliphatic carbocycles. The number of nitrogen functional groups attached to an aromatic ring is 1. The molecule has 0 spiro atoms. The molecule has 4 nitrogen and oxygen atoms in total. The lowest BCUT2D eigenvalue weighted by Crippen LogP contribution is -1.90. The second kappa shape index (κ2) is 4.13. The predicted molar refractivity (Wildman–Crippen MR) is 60.6 cm³/mol. The van der Waals surface area contributed by atoms with Gasteiger partial charge in [-0.25, -0.2) is 4.39 Å². The highest BCUT2D eigenvalue weighted by atomic mass is 79.9. The third-order valence-electron chi connectivity index (χ3n) is 2.03. The Kier molecular flexibility index (Phi) is 2.82. The number of rotatable bonds is 2. The van der Waals surface area contributed by atoms with Crippen LogP contribution in [0.2, 0.25) is 0 Å². The van der Waals surface area contributed by atoms with Crippen LogP contribution in [0.3, 0.4) is 0 Å². The summed E-state index contributed by atoms with van der Waals surface area (Å²) in [5, 5.41) is 3.70. The van der Waals surface area contributed by atoms with E-state index in [1.807, 2.05) is 0 Å². The molecule has 0 amide bonds. The van der Waals surface area contributed by atoms with Crippen molar-refractivity contribution in [2.24, 2.45) is 0 Å². The zero-order chi connectivity index (χ0) is 11.7. The van der Waals surface area contributed by atoms with E-state index in [0.29, 0.717) is 15.7 Å². The fourth-order valence-electron chi connectivity index (χ4n) is 1.33. The van der Waals surface area contributed by atoms with Crippen molar-refractivity contribution in [1.29, 1.82) is 0 Å². The van der Waals surface area contributed by atoms with Crippen molar-refractivity contribution in [3.63, 3.8) is 0 Å². The van der Waals surface area contributed by atoms with Crippen molar-refractivity contribution in [1.82, 2.24) is 5.16 Å². The second-order valence-corrected chi connectivity index (χ2v) is 3.94. The molecule has 16 heavy (non-hydrogen) atoms. The average molecular weight is 287 g/mol. The summed E-state index contributed by atoms with van der Waals surface area (Å²) in [4.78, 5) is 0. The lowest BCUT2D eigenvalue weighted by Gasteiger charge is -2.05. The SMILES string of the molecule is COc1c(F)cc(-c2cc(N)on2)cc1Br. The summed E-state index contributed by atoms with van der Waals surface area (Å²) in [6.07, 6.45) is 0. The Morgan fingerprint density at radius 3 is 2.69 bits per heavy atom. The minimum Gasteiger partial charge on any atom is -0.492 e. The maximum absolute atomic E-state index is 13.6. The lowest BCUT2D eigenvalue weighted by molar-refractivity contribution is 0.384. The zero-order valence-corrected chi connectivity index (χ0v) is 9.92. The van der Waals surface area contributed by atoms with E-state index < -0.39 is 5.82 Å². The van der Waals surface area contributed by atoms with Crippen LogP contribution in [-0.4, -0.2) is 12.3 Å². The normalized spacial score (nSPS) is 10.4. The fourth-order valence-corrected chi connectivity index (χ4v) is 1.93. The largest absolute Gasteiger partial charge is 0.492 e. The molecule has 2 N–H and O–H groups in total. The first-order valence-electron chi connectivity index (χ1n) is 4.37. The summed E-state index contributed by atoms with van der Waals surface area (Å²) >= 11 is 3.21. The Balaban J connectivity index is 2.52. The highest BCUT2D eigenvalue weighted by Gasteiger charge is 2.12. The van der Waals surface area contributed by atoms with Gasteiger partial charge in [0.15, 0.2) is 11.6 Å². The number of ether oxygens (including phenoxy) is 1. The summed E-state index contributed by atoms with van der Waals surface area (Å²) in [5.41, 5.74) is 6.42. The summed E-state index contributed by atoms with van der Waals surface area (Å²) in [6.45, 7) is 0. The maximum Gasteiger partial charge on any atom is 0.222 e. The van der Waals surface area contributed by atoms with Crippen LogP contribution in [0.4, 0.5) is 10.3 Å². The van der Waals surface area contributed by atoms with Crippen LogP contribution in [0.1, 0.15) is 0 Å². The van der Waals surface area contributed by atoms with Crippen LogP contribution in [0.5, 0.6) is 5.75 Å². The number of halogens is 2. The Labute approximate surface area is 99.3 Å². The number of hydrogen-bond donors (Lipinski definition) is 1. The monoisotopic (exact) mass is 286 g/mol. The van der Waals surface area contributed by atoms with Crippen LogP contribution in [0, 0.1) is 5.82 Å². The number of aromatic nitrogens is 1. The minimum absolute atomic E-state index is 0.153. The van der Waals surface area contributed by atoms with Gasteiger partial charge in [0.1, 0.15) is 5.69 Å². The standard InChI is InChI=1S/C10H8BrFN2O2/c1-15-10-6(11)2-5(3-7(10)12)8-4-9(13)16-14-8/h2-4H,13H2,1H3. The molecule has 1 aromatic heterocycles. The first kappa shape index (κ1) is 10.9. The minimum atomic E-state index is -0.478. The molecule has 1 aromatic carbocycles. The third kappa shape index (κ3) is 1.88. The Morgan fingerprint density at radius 1 is 1.44 bits per heavy atom. The van der Waals surface area contributed by atoms with Gasteiger partial charge < -0.3 is 15.0 Å². The molecular weight excluding hydrogens is 279 g/mol. The third-order valence-corrected chi connectivity index (χ3v) is 2.62. The zero-order valence-electron chi connectivity index (χ0n) is 8.33. The van der Waals surface area contributed by atoms with Gasteiger partial charge in [0.2, 0.25) is 5.88 Å². The van der Waals surface area contributed by atoms with Crippen LogP contribution >= 0.6 is 15.9 Å². The van der Waals surface area contributed by atoms with E-state index in [4.69, 9.17) is 15.0 Å². The summed E-state index contributed by atoms with van der Waals surface area (Å²) in [7, 11) is 1.40. The van der Waals surface area contributed by atoms with E-state index in [2.05, 4.69) is 21.1 Å². The molecule has 0 aliphatic heterocycles. The van der Waals surface area contributed by atoms with Crippen LogP contribution in [0.25, 0.3) is 11.3 Å². The number of methoxy groups -OCH3 is 1. The molecule has 0 unspecified atom stereocenters. The molecule has 2 aromatic rings. The quantitative estimate of drug-likeness (QED) is 0.922. The Morgan fingerprint density at radius 2 is 2.19 bits per heavy atom. The molecule has 0 saturated carbocycles. The summed E-state index contributed by atoms with van der Waals surface area (Å²) in [6, 6.07) is 4.51. The van der Waals surface area contributed by atoms with Crippen molar-refractivity contribution in [2.75, 3.05) is 12.8 Å². The van der Waals surface area contributed by atoms with Gasteiger partial charge in [-0.3, -0.25) is 0 Å². The van der Waals surface area contributed by atoms with E-state index in [9.17, 15) is 4.39 Å². The number of nitrogens with zero attached hydrogens (tertiary/aromatic N) is 1. The molecule has 84 valence electrons. The van der Waals surface area contributed by atoms with Crippen molar-refractivity contribution in [3.05, 3.63) is 28.5 Å². The highest BCUT2D eigenvalue weighted by molar-refractivity contribution is 9.10. The second-order valence-electron chi connectivity index (χ2n) is 3.09. The van der Waals surface area contributed by atoms with Crippen molar-refractivity contribution >= 4 is 21.8 Å². The van der Waals surface area contributed by atoms with Gasteiger partial charge in [-0.15, -0.1) is 0 Å². The van der Waals surface area contributed by atoms with Crippen molar-refractivity contribution < 1.29 is 13.7 Å². The number of anilines is 1. The predicted octanol–water partition coefficient (Wildman–Crippen LogP) is 2.83. The average Bonchev–Trinajstić information content (AvgIpc) is 2.64. The van der Waals surface area contributed by atoms with Crippen LogP contribution < -0.4 is 10.5 Å². The van der Waals surface area contributed by atoms with Crippen LogP contribution in [0.15, 0.2) is 27.2 Å². The van der Waals surface area contributed by atoms with Gasteiger partial charge >= 0.3 is 0 Å². The lowest BCUT2D eigenvalue weighted by atomic mass is 10.1. The molecule has 0 bridgehead atoms. The first-order chi connectivity index (χ1) is 7.61. The van der Waals surface area contributed by atoms with Gasteiger partial charge in [-0.1, -0.05) is 5.16 Å². The van der Waals surface area contributed by atoms with E-state index in [-0.39, 0.29) is 11.6 Å². The van der Waals surface area contributed by atoms with E-state index in [1.54, 1.807) is 6.07 Å². The number of benzene rings is 1. The molecule has 2 rings (SSSR count). The molecular formula is C10H8BrFN2O2. The van der Waals surface area contributed by atoms with E-state index in [1.165, 1.54) is 19.2 Å². The van der Waals surface area contributed by atoms with Gasteiger partial charge in [0.05, 0.1) is 11.6 Å². The summed E-state index contributed by atoms with van der Waals surface area (Å²) in [5.74, 6) is -0.143. The maximum atomic E-state index is 13.6. The number of nitrogens with two attached hydrogens (primary N) is 1. The molecule has 0 atom stereocenters. The van der Waals surface area contributed by atoms with Gasteiger partial charge in [0.25, 0.3) is 0 Å². The van der Waals surface area contributed by atoms with Gasteiger partial charge in [-0.2, -0.15) is 0 Å². The Bertz CT molecular complexity index is 504. The highest BCUT2D eigenvalue weighted by Crippen LogP contribution is 2.33. The van der Waals surface area contributed by atoms with Gasteiger partial charge in [-0.05, 0) is 28.1 Å². The first-order valence-corrected chi connectivity index (χ1v) is 5.16. The van der Waals surface area contributed by atoms with Crippen molar-refractivity contribution in [2.45, 2.75) is 0 Å².